The summed E-state index contributed by atoms with van der Waals surface area (Å²) in [5, 5.41) is 0. The molecule has 0 saturated carbocycles. The van der Waals surface area contributed by atoms with Gasteiger partial charge in [0.1, 0.15) is 0 Å². The third-order valence-corrected chi connectivity index (χ3v) is 1.93. The fourth-order valence-electron chi connectivity index (χ4n) is 1.05. The molecule has 0 fully saturated rings. The van der Waals surface area contributed by atoms with E-state index in [2.05, 4.69) is 19.0 Å². The Balaban J connectivity index is 2.84. The van der Waals surface area contributed by atoms with Gasteiger partial charge in [-0.2, -0.15) is 0 Å². The van der Waals surface area contributed by atoms with Crippen LogP contribution in [-0.4, -0.2) is 45.3 Å². The lowest BCUT2D eigenvalue weighted by Crippen LogP contribution is -2.18. The minimum Gasteiger partial charge on any atom is -0.380 e. The smallest absolute Gasteiger partial charge is 0.0593 e. The zero-order valence-corrected chi connectivity index (χ0v) is 9.09. The normalized spacial score (nSPS) is 11.1. The van der Waals surface area contributed by atoms with Crippen molar-refractivity contribution in [1.82, 2.24) is 4.90 Å². The van der Waals surface area contributed by atoms with E-state index in [-0.39, 0.29) is 0 Å². The van der Waals surface area contributed by atoms with Crippen LogP contribution in [-0.2, 0) is 4.74 Å². The van der Waals surface area contributed by atoms with Crippen molar-refractivity contribution in [3.63, 3.8) is 0 Å². The molecule has 2 N–H and O–H groups in total. The number of nitrogens with zero attached hydrogens (tertiary/aromatic N) is 1. The Kier molecular flexibility index (Phi) is 9.87. The lowest BCUT2D eigenvalue weighted by Gasteiger charge is -2.09. The average molecular weight is 188 g/mol. The fourth-order valence-corrected chi connectivity index (χ4v) is 1.05. The summed E-state index contributed by atoms with van der Waals surface area (Å²) in [4.78, 5) is 2.13. The van der Waals surface area contributed by atoms with Crippen LogP contribution in [0, 0.1) is 0 Å². The van der Waals surface area contributed by atoms with Crippen LogP contribution in [0.1, 0.15) is 25.7 Å². The Bertz CT molecular complexity index is 96.9. The summed E-state index contributed by atoms with van der Waals surface area (Å²) in [6.45, 7) is 3.59. The number of nitrogens with two attached hydrogens (primary N) is 1. The first-order valence-electron chi connectivity index (χ1n) is 5.20. The van der Waals surface area contributed by atoms with Crippen LogP contribution in [0.15, 0.2) is 0 Å². The predicted molar refractivity (Wildman–Crippen MR) is 56.9 cm³/mol. The van der Waals surface area contributed by atoms with E-state index in [4.69, 9.17) is 10.5 Å². The molecule has 0 aromatic carbocycles. The zero-order valence-electron chi connectivity index (χ0n) is 9.09. The molecule has 3 nitrogen and oxygen atoms in total. The molecule has 0 atom stereocenters. The van der Waals surface area contributed by atoms with Gasteiger partial charge in [0, 0.05) is 13.2 Å². The Hall–Kier alpha value is -0.120. The average Bonchev–Trinajstić information content (AvgIpc) is 2.09. The van der Waals surface area contributed by atoms with Crippen LogP contribution in [0.3, 0.4) is 0 Å². The highest BCUT2D eigenvalue weighted by atomic mass is 16.5. The van der Waals surface area contributed by atoms with E-state index < -0.39 is 0 Å². The quantitative estimate of drug-likeness (QED) is 0.550. The molecule has 0 rings (SSSR count). The minimum atomic E-state index is 0.821. The van der Waals surface area contributed by atoms with Crippen LogP contribution < -0.4 is 5.73 Å². The van der Waals surface area contributed by atoms with Crippen molar-refractivity contribution in [2.24, 2.45) is 5.73 Å². The molecule has 13 heavy (non-hydrogen) atoms. The van der Waals surface area contributed by atoms with E-state index in [1.165, 1.54) is 19.3 Å². The molecule has 0 heterocycles. The van der Waals surface area contributed by atoms with Gasteiger partial charge in [0.25, 0.3) is 0 Å². The van der Waals surface area contributed by atoms with Crippen molar-refractivity contribution in [3.8, 4) is 0 Å². The number of hydrogen-bond donors (Lipinski definition) is 1. The molecule has 0 saturated heterocycles. The molecule has 0 aliphatic heterocycles. The molecule has 80 valence electrons. The molecule has 0 bridgehead atoms. The molecule has 0 unspecified atom stereocenters. The topological polar surface area (TPSA) is 38.5 Å². The molecule has 0 amide bonds. The van der Waals surface area contributed by atoms with Crippen molar-refractivity contribution in [2.75, 3.05) is 40.4 Å². The summed E-state index contributed by atoms with van der Waals surface area (Å²) < 4.78 is 5.45. The van der Waals surface area contributed by atoms with Gasteiger partial charge in [0.05, 0.1) is 6.61 Å². The Labute approximate surface area is 82.2 Å². The summed E-state index contributed by atoms with van der Waals surface area (Å²) in [5.41, 5.74) is 5.39. The van der Waals surface area contributed by atoms with E-state index in [1.54, 1.807) is 0 Å². The standard InChI is InChI=1S/C10H24N2O/c1-12(2)8-10-13-9-6-4-3-5-7-11/h3-11H2,1-2H3. The predicted octanol–water partition coefficient (Wildman–Crippen LogP) is 1.08. The number of rotatable bonds is 9. The lowest BCUT2D eigenvalue weighted by atomic mass is 10.2. The van der Waals surface area contributed by atoms with E-state index >= 15 is 0 Å². The maximum atomic E-state index is 5.45. The number of hydrogen-bond acceptors (Lipinski definition) is 3. The Morgan fingerprint density at radius 1 is 1.00 bits per heavy atom. The highest BCUT2D eigenvalue weighted by Crippen LogP contribution is 1.98. The van der Waals surface area contributed by atoms with Crippen molar-refractivity contribution < 1.29 is 4.74 Å². The SMILES string of the molecule is CN(C)CCOCCCCCCN. The maximum absolute atomic E-state index is 5.45. The van der Waals surface area contributed by atoms with Crippen LogP contribution >= 0.6 is 0 Å². The van der Waals surface area contributed by atoms with Crippen LogP contribution in [0.2, 0.25) is 0 Å². The van der Waals surface area contributed by atoms with Crippen LogP contribution in [0.4, 0.5) is 0 Å². The van der Waals surface area contributed by atoms with Gasteiger partial charge in [-0.15, -0.1) is 0 Å². The van der Waals surface area contributed by atoms with Gasteiger partial charge in [-0.1, -0.05) is 12.8 Å². The summed E-state index contributed by atoms with van der Waals surface area (Å²) in [5.74, 6) is 0. The molecule has 3 heteroatoms. The maximum Gasteiger partial charge on any atom is 0.0593 e. The van der Waals surface area contributed by atoms with Crippen molar-refractivity contribution in [1.29, 1.82) is 0 Å². The number of likely N-dealkylation sites (N-methyl/N-ethyl adjacent to an activating group) is 1. The van der Waals surface area contributed by atoms with E-state index in [0.717, 1.165) is 32.7 Å². The summed E-state index contributed by atoms with van der Waals surface area (Å²) in [7, 11) is 4.12. The third kappa shape index (κ3) is 11.9. The van der Waals surface area contributed by atoms with E-state index in [9.17, 15) is 0 Å². The third-order valence-electron chi connectivity index (χ3n) is 1.93. The molecule has 0 aromatic heterocycles. The molecule has 0 aliphatic rings. The van der Waals surface area contributed by atoms with Gasteiger partial charge in [0.15, 0.2) is 0 Å². The minimum absolute atomic E-state index is 0.821. The number of ether oxygens (including phenoxy) is 1. The van der Waals surface area contributed by atoms with Crippen molar-refractivity contribution in [2.45, 2.75) is 25.7 Å². The van der Waals surface area contributed by atoms with Gasteiger partial charge in [-0.3, -0.25) is 0 Å². The first-order chi connectivity index (χ1) is 6.27. The van der Waals surface area contributed by atoms with E-state index in [0.29, 0.717) is 0 Å². The van der Waals surface area contributed by atoms with Gasteiger partial charge < -0.3 is 15.4 Å². The molecule has 0 spiro atoms. The lowest BCUT2D eigenvalue weighted by molar-refractivity contribution is 0.114. The van der Waals surface area contributed by atoms with Gasteiger partial charge in [-0.25, -0.2) is 0 Å². The van der Waals surface area contributed by atoms with E-state index in [1.807, 2.05) is 0 Å². The monoisotopic (exact) mass is 188 g/mol. The van der Waals surface area contributed by atoms with Crippen molar-refractivity contribution >= 4 is 0 Å². The highest BCUT2D eigenvalue weighted by molar-refractivity contribution is 4.44. The fraction of sp³-hybridized carbons (Fsp3) is 1.00. The Morgan fingerprint density at radius 3 is 2.31 bits per heavy atom. The van der Waals surface area contributed by atoms with Crippen LogP contribution in [0.25, 0.3) is 0 Å². The largest absolute Gasteiger partial charge is 0.380 e. The molecule has 0 aliphatic carbocycles. The summed E-state index contributed by atoms with van der Waals surface area (Å²) in [6, 6.07) is 0. The second-order valence-corrected chi connectivity index (χ2v) is 3.62. The molecule has 0 radical (unpaired) electrons. The highest BCUT2D eigenvalue weighted by Gasteiger charge is 1.91. The van der Waals surface area contributed by atoms with Crippen LogP contribution in [0.5, 0.6) is 0 Å². The number of unbranched alkanes of at least 4 members (excludes halogenated alkanes) is 3. The summed E-state index contributed by atoms with van der Waals surface area (Å²) >= 11 is 0. The van der Waals surface area contributed by atoms with Gasteiger partial charge in [0.2, 0.25) is 0 Å². The molecule has 0 aromatic rings. The molecular formula is C10H24N2O. The molecular weight excluding hydrogens is 164 g/mol. The first kappa shape index (κ1) is 12.9. The first-order valence-corrected chi connectivity index (χ1v) is 5.20. The second-order valence-electron chi connectivity index (χ2n) is 3.62. The van der Waals surface area contributed by atoms with Crippen molar-refractivity contribution in [3.05, 3.63) is 0 Å². The van der Waals surface area contributed by atoms with Gasteiger partial charge in [-0.05, 0) is 33.5 Å². The second kappa shape index (κ2) is 9.96. The van der Waals surface area contributed by atoms with Gasteiger partial charge >= 0.3 is 0 Å². The Morgan fingerprint density at radius 2 is 1.69 bits per heavy atom. The summed E-state index contributed by atoms with van der Waals surface area (Å²) in [6.07, 6.45) is 4.82. The zero-order chi connectivity index (χ0) is 9.94.